The van der Waals surface area contributed by atoms with E-state index in [9.17, 15) is 10.1 Å². The molecule has 5 nitrogen and oxygen atoms in total. The molecule has 1 saturated heterocycles. The lowest BCUT2D eigenvalue weighted by molar-refractivity contribution is -0.917. The summed E-state index contributed by atoms with van der Waals surface area (Å²) < 4.78 is 0. The lowest BCUT2D eigenvalue weighted by atomic mass is 10.1. The molecule has 7 heteroatoms. The van der Waals surface area contributed by atoms with E-state index in [1.807, 2.05) is 24.8 Å². The van der Waals surface area contributed by atoms with E-state index in [2.05, 4.69) is 28.6 Å². The first-order valence-corrected chi connectivity index (χ1v) is 10.6. The third-order valence-electron chi connectivity index (χ3n) is 4.58. The number of nitrogens with one attached hydrogen (secondary N) is 1. The molecule has 136 valence electrons. The predicted octanol–water partition coefficient (Wildman–Crippen LogP) is 1.65. The van der Waals surface area contributed by atoms with Crippen molar-refractivity contribution in [3.63, 3.8) is 0 Å². The van der Waals surface area contributed by atoms with Crippen LogP contribution in [0, 0.1) is 25.2 Å². The van der Waals surface area contributed by atoms with Crippen LogP contribution in [0.5, 0.6) is 0 Å². The lowest BCUT2D eigenvalue weighted by Gasteiger charge is -2.32. The summed E-state index contributed by atoms with van der Waals surface area (Å²) in [5.74, 6) is 0.472. The number of amides is 1. The molecule has 1 N–H and O–H groups in total. The van der Waals surface area contributed by atoms with Crippen LogP contribution in [0.25, 0.3) is 0 Å². The highest BCUT2D eigenvalue weighted by Crippen LogP contribution is 2.23. The third-order valence-corrected chi connectivity index (χ3v) is 6.42. The average Bonchev–Trinajstić information content (AvgIpc) is 3.13. The third kappa shape index (κ3) is 4.64. The number of thioether (sulfide) groups is 1. The summed E-state index contributed by atoms with van der Waals surface area (Å²) in [6.07, 6.45) is 0. The number of pyridine rings is 1. The van der Waals surface area contributed by atoms with Crippen molar-refractivity contribution >= 4 is 29.0 Å². The molecular formula is C19H23N4OS2+. The number of aryl methyl sites for hydroxylation is 2. The van der Waals surface area contributed by atoms with Gasteiger partial charge in [0.2, 0.25) is 5.91 Å². The van der Waals surface area contributed by atoms with Gasteiger partial charge in [-0.05, 0) is 36.9 Å². The molecule has 2 aromatic rings. The molecule has 2 aromatic heterocycles. The minimum Gasteiger partial charge on any atom is -0.331 e. The molecular weight excluding hydrogens is 364 g/mol. The Hall–Kier alpha value is -1.88. The summed E-state index contributed by atoms with van der Waals surface area (Å²) in [5.41, 5.74) is 2.38. The number of piperazine rings is 1. The Balaban J connectivity index is 1.51. The first kappa shape index (κ1) is 18.9. The Morgan fingerprint density at radius 1 is 1.42 bits per heavy atom. The molecule has 0 saturated carbocycles. The molecule has 1 aliphatic heterocycles. The highest BCUT2D eigenvalue weighted by Gasteiger charge is 2.24. The van der Waals surface area contributed by atoms with Crippen LogP contribution in [0.2, 0.25) is 0 Å². The maximum Gasteiger partial charge on any atom is 0.233 e. The van der Waals surface area contributed by atoms with Gasteiger partial charge >= 0.3 is 0 Å². The molecule has 3 heterocycles. The van der Waals surface area contributed by atoms with Gasteiger partial charge in [0, 0.05) is 5.69 Å². The molecule has 26 heavy (non-hydrogen) atoms. The summed E-state index contributed by atoms with van der Waals surface area (Å²) in [7, 11) is 0. The second-order valence-electron chi connectivity index (χ2n) is 6.55. The van der Waals surface area contributed by atoms with Gasteiger partial charge in [-0.1, -0.05) is 17.8 Å². The first-order chi connectivity index (χ1) is 12.6. The second-order valence-corrected chi connectivity index (χ2v) is 8.54. The van der Waals surface area contributed by atoms with Gasteiger partial charge in [-0.3, -0.25) is 4.79 Å². The van der Waals surface area contributed by atoms with Gasteiger partial charge in [0.1, 0.15) is 17.6 Å². The van der Waals surface area contributed by atoms with E-state index in [-0.39, 0.29) is 5.91 Å². The van der Waals surface area contributed by atoms with Crippen molar-refractivity contribution in [1.29, 1.82) is 5.26 Å². The number of carbonyl (C=O) groups excluding carboxylic acids is 1. The van der Waals surface area contributed by atoms with E-state index >= 15 is 0 Å². The van der Waals surface area contributed by atoms with Gasteiger partial charge in [0.15, 0.2) is 0 Å². The molecule has 1 aliphatic rings. The van der Waals surface area contributed by atoms with Gasteiger partial charge in [0.05, 0.1) is 42.4 Å². The molecule has 1 amide bonds. The van der Waals surface area contributed by atoms with Gasteiger partial charge < -0.3 is 9.80 Å². The molecule has 0 spiro atoms. The van der Waals surface area contributed by atoms with Crippen molar-refractivity contribution in [2.75, 3.05) is 31.9 Å². The number of carbonyl (C=O) groups is 1. The van der Waals surface area contributed by atoms with Crippen LogP contribution in [-0.2, 0) is 11.3 Å². The topological polar surface area (TPSA) is 61.4 Å². The zero-order chi connectivity index (χ0) is 18.5. The fraction of sp³-hybridized carbons (Fsp3) is 0.421. The van der Waals surface area contributed by atoms with E-state index in [0.717, 1.165) is 44.0 Å². The number of aromatic nitrogens is 1. The predicted molar refractivity (Wildman–Crippen MR) is 104 cm³/mol. The summed E-state index contributed by atoms with van der Waals surface area (Å²) in [6.45, 7) is 8.44. The number of thiophene rings is 1. The summed E-state index contributed by atoms with van der Waals surface area (Å²) in [6, 6.07) is 8.38. The quantitative estimate of drug-likeness (QED) is 0.793. The number of nitrogens with zero attached hydrogens (tertiary/aromatic N) is 3. The maximum absolute atomic E-state index is 12.6. The summed E-state index contributed by atoms with van der Waals surface area (Å²) in [5, 5.41) is 12.1. The van der Waals surface area contributed by atoms with Crippen LogP contribution in [0.1, 0.15) is 21.7 Å². The first-order valence-electron chi connectivity index (χ1n) is 8.71. The molecule has 0 radical (unpaired) electrons. The van der Waals surface area contributed by atoms with Gasteiger partial charge in [-0.2, -0.15) is 5.26 Å². The van der Waals surface area contributed by atoms with Crippen molar-refractivity contribution in [3.05, 3.63) is 45.3 Å². The van der Waals surface area contributed by atoms with Gasteiger partial charge in [0.25, 0.3) is 0 Å². The summed E-state index contributed by atoms with van der Waals surface area (Å²) in [4.78, 5) is 21.9. The monoisotopic (exact) mass is 387 g/mol. The van der Waals surface area contributed by atoms with Crippen molar-refractivity contribution in [1.82, 2.24) is 9.88 Å². The number of quaternary nitrogens is 1. The molecule has 0 unspecified atom stereocenters. The second kappa shape index (κ2) is 8.67. The Morgan fingerprint density at radius 2 is 2.19 bits per heavy atom. The highest BCUT2D eigenvalue weighted by molar-refractivity contribution is 8.00. The van der Waals surface area contributed by atoms with Crippen LogP contribution in [0.3, 0.4) is 0 Å². The van der Waals surface area contributed by atoms with Crippen LogP contribution in [-0.4, -0.2) is 47.7 Å². The largest absolute Gasteiger partial charge is 0.331 e. The van der Waals surface area contributed by atoms with Crippen LogP contribution < -0.4 is 4.90 Å². The van der Waals surface area contributed by atoms with Crippen molar-refractivity contribution in [2.45, 2.75) is 25.4 Å². The number of rotatable bonds is 5. The van der Waals surface area contributed by atoms with E-state index in [1.54, 1.807) is 11.3 Å². The van der Waals surface area contributed by atoms with Crippen LogP contribution >= 0.6 is 23.1 Å². The fourth-order valence-corrected chi connectivity index (χ4v) is 4.95. The van der Waals surface area contributed by atoms with Crippen LogP contribution in [0.15, 0.2) is 28.6 Å². The average molecular weight is 388 g/mol. The fourth-order valence-electron chi connectivity index (χ4n) is 3.17. The Bertz CT molecular complexity index is 806. The molecule has 1 fully saturated rings. The van der Waals surface area contributed by atoms with Gasteiger partial charge in [-0.15, -0.1) is 11.3 Å². The zero-order valence-corrected chi connectivity index (χ0v) is 16.8. The van der Waals surface area contributed by atoms with E-state index in [4.69, 9.17) is 0 Å². The van der Waals surface area contributed by atoms with Crippen molar-refractivity contribution < 1.29 is 9.69 Å². The van der Waals surface area contributed by atoms with E-state index in [1.165, 1.54) is 21.5 Å². The molecule has 0 aliphatic carbocycles. The molecule has 0 atom stereocenters. The molecule has 3 rings (SSSR count). The highest BCUT2D eigenvalue weighted by atomic mass is 32.2. The SMILES string of the molecule is Cc1cc(C)c(C#N)c(SCC(=O)N2CC[NH+](Cc3cccs3)CC2)n1. The lowest BCUT2D eigenvalue weighted by Crippen LogP contribution is -3.13. The number of hydrogen-bond acceptors (Lipinski definition) is 5. The maximum atomic E-state index is 12.6. The Kier molecular flexibility index (Phi) is 6.30. The van der Waals surface area contributed by atoms with Crippen LogP contribution in [0.4, 0.5) is 0 Å². The van der Waals surface area contributed by atoms with E-state index in [0.29, 0.717) is 16.3 Å². The van der Waals surface area contributed by atoms with Gasteiger partial charge in [-0.25, -0.2) is 4.98 Å². The molecule has 0 bridgehead atoms. The number of hydrogen-bond donors (Lipinski definition) is 1. The minimum atomic E-state index is 0.134. The van der Waals surface area contributed by atoms with Crippen molar-refractivity contribution in [2.24, 2.45) is 0 Å². The zero-order valence-electron chi connectivity index (χ0n) is 15.1. The smallest absolute Gasteiger partial charge is 0.233 e. The summed E-state index contributed by atoms with van der Waals surface area (Å²) >= 11 is 3.17. The standard InChI is InChI=1S/C19H22N4OS2/c1-14-10-15(2)21-19(17(14)11-20)26-13-18(24)23-7-5-22(6-8-23)12-16-4-3-9-25-16/h3-4,9-10H,5-8,12-13H2,1-2H3/p+1. The Labute approximate surface area is 162 Å². The number of nitriles is 1. The van der Waals surface area contributed by atoms with Crippen molar-refractivity contribution in [3.8, 4) is 6.07 Å². The van der Waals surface area contributed by atoms with E-state index < -0.39 is 0 Å². The Morgan fingerprint density at radius 3 is 2.85 bits per heavy atom. The normalized spacial score (nSPS) is 15.0. The minimum absolute atomic E-state index is 0.134. The molecule has 0 aromatic carbocycles.